The molecule has 8 heteroatoms. The Kier molecular flexibility index (Phi) is 5.12. The molecule has 1 aromatic rings. The van der Waals surface area contributed by atoms with Crippen LogP contribution < -0.4 is 0 Å². The van der Waals surface area contributed by atoms with Gasteiger partial charge in [0, 0.05) is 17.1 Å². The second-order valence-electron chi connectivity index (χ2n) is 5.10. The van der Waals surface area contributed by atoms with E-state index in [1.807, 2.05) is 6.92 Å². The second-order valence-corrected chi connectivity index (χ2v) is 10.0. The van der Waals surface area contributed by atoms with Gasteiger partial charge in [0.2, 0.25) is 10.0 Å². The average Bonchev–Trinajstić information content (AvgIpc) is 2.76. The van der Waals surface area contributed by atoms with Gasteiger partial charge >= 0.3 is 0 Å². The number of sulfone groups is 1. The fourth-order valence-electron chi connectivity index (χ4n) is 2.50. The Morgan fingerprint density at radius 3 is 2.52 bits per heavy atom. The molecule has 2 rings (SSSR count). The van der Waals surface area contributed by atoms with Crippen molar-refractivity contribution < 1.29 is 16.8 Å². The molecule has 1 saturated heterocycles. The third kappa shape index (κ3) is 3.67. The molecule has 0 radical (unpaired) electrons. The van der Waals surface area contributed by atoms with Crippen LogP contribution >= 0.6 is 15.9 Å². The van der Waals surface area contributed by atoms with Crippen molar-refractivity contribution >= 4 is 35.8 Å². The number of hydrogen-bond acceptors (Lipinski definition) is 4. The predicted molar refractivity (Wildman–Crippen MR) is 85.4 cm³/mol. The first-order valence-electron chi connectivity index (χ1n) is 6.75. The van der Waals surface area contributed by atoms with Crippen LogP contribution in [-0.2, 0) is 19.9 Å². The topological polar surface area (TPSA) is 71.5 Å². The van der Waals surface area contributed by atoms with E-state index in [9.17, 15) is 16.8 Å². The summed E-state index contributed by atoms with van der Waals surface area (Å²) in [6.45, 7) is 2.20. The van der Waals surface area contributed by atoms with Gasteiger partial charge in [0.15, 0.2) is 9.84 Å². The minimum absolute atomic E-state index is 0.0589. The lowest BCUT2D eigenvalue weighted by molar-refractivity contribution is 0.340. The molecule has 0 bridgehead atoms. The van der Waals surface area contributed by atoms with E-state index in [-0.39, 0.29) is 16.4 Å². The fourth-order valence-corrected chi connectivity index (χ4v) is 7.04. The van der Waals surface area contributed by atoms with Crippen molar-refractivity contribution in [1.82, 2.24) is 4.31 Å². The van der Waals surface area contributed by atoms with Crippen LogP contribution in [0.15, 0.2) is 33.6 Å². The highest BCUT2D eigenvalue weighted by molar-refractivity contribution is 9.10. The quantitative estimate of drug-likeness (QED) is 0.764. The Balaban J connectivity index is 2.40. The molecule has 1 aromatic carbocycles. The number of nitrogens with zero attached hydrogens (tertiary/aromatic N) is 1. The molecule has 0 amide bonds. The lowest BCUT2D eigenvalue weighted by Gasteiger charge is -2.27. The van der Waals surface area contributed by atoms with Crippen LogP contribution in [0.2, 0.25) is 0 Å². The summed E-state index contributed by atoms with van der Waals surface area (Å²) in [5.41, 5.74) is 0. The van der Waals surface area contributed by atoms with Gasteiger partial charge < -0.3 is 0 Å². The molecule has 1 atom stereocenters. The van der Waals surface area contributed by atoms with E-state index >= 15 is 0 Å². The van der Waals surface area contributed by atoms with Gasteiger partial charge in [0.1, 0.15) is 0 Å². The Morgan fingerprint density at radius 2 is 2.00 bits per heavy atom. The van der Waals surface area contributed by atoms with Gasteiger partial charge in [-0.2, -0.15) is 4.31 Å². The minimum Gasteiger partial charge on any atom is -0.229 e. The molecule has 1 fully saturated rings. The molecular weight excluding hydrogens is 378 g/mol. The van der Waals surface area contributed by atoms with Crippen LogP contribution in [0, 0.1) is 0 Å². The predicted octanol–water partition coefficient (Wildman–Crippen LogP) is 2.04. The number of halogens is 1. The SMILES string of the molecule is CCCN([C@@H]1CCS(=O)(=O)C1)S(=O)(=O)c1ccccc1Br. The van der Waals surface area contributed by atoms with Crippen LogP contribution in [0.4, 0.5) is 0 Å². The zero-order valence-corrected chi connectivity index (χ0v) is 14.9. The zero-order valence-electron chi connectivity index (χ0n) is 11.7. The number of rotatable bonds is 5. The molecule has 1 aliphatic rings. The van der Waals surface area contributed by atoms with E-state index < -0.39 is 25.9 Å². The first-order chi connectivity index (χ1) is 9.78. The highest BCUT2D eigenvalue weighted by Crippen LogP contribution is 2.29. The fraction of sp³-hybridized carbons (Fsp3) is 0.538. The van der Waals surface area contributed by atoms with Gasteiger partial charge in [-0.25, -0.2) is 16.8 Å². The van der Waals surface area contributed by atoms with Crippen LogP contribution in [-0.4, -0.2) is 45.2 Å². The lowest BCUT2D eigenvalue weighted by Crippen LogP contribution is -2.41. The summed E-state index contributed by atoms with van der Waals surface area (Å²) in [5.74, 6) is -0.0277. The van der Waals surface area contributed by atoms with Gasteiger partial charge in [0.25, 0.3) is 0 Å². The van der Waals surface area contributed by atoms with Crippen molar-refractivity contribution in [2.75, 3.05) is 18.1 Å². The van der Waals surface area contributed by atoms with Gasteiger partial charge in [0.05, 0.1) is 16.4 Å². The van der Waals surface area contributed by atoms with Crippen molar-refractivity contribution in [1.29, 1.82) is 0 Å². The van der Waals surface area contributed by atoms with Crippen molar-refractivity contribution in [3.05, 3.63) is 28.7 Å². The third-order valence-corrected chi connectivity index (χ3v) is 8.20. The largest absolute Gasteiger partial charge is 0.244 e. The van der Waals surface area contributed by atoms with E-state index in [1.165, 1.54) is 10.4 Å². The van der Waals surface area contributed by atoms with Crippen LogP contribution in [0.25, 0.3) is 0 Å². The minimum atomic E-state index is -3.71. The van der Waals surface area contributed by atoms with E-state index in [0.717, 1.165) is 0 Å². The summed E-state index contributed by atoms with van der Waals surface area (Å²) in [7, 11) is -6.83. The van der Waals surface area contributed by atoms with E-state index in [2.05, 4.69) is 15.9 Å². The highest BCUT2D eigenvalue weighted by atomic mass is 79.9. The van der Waals surface area contributed by atoms with Crippen LogP contribution in [0.3, 0.4) is 0 Å². The molecule has 0 unspecified atom stereocenters. The third-order valence-electron chi connectivity index (χ3n) is 3.48. The van der Waals surface area contributed by atoms with E-state index in [0.29, 0.717) is 23.9 Å². The first-order valence-corrected chi connectivity index (χ1v) is 10.8. The van der Waals surface area contributed by atoms with Gasteiger partial charge in [-0.1, -0.05) is 19.1 Å². The first kappa shape index (κ1) is 16.9. The molecule has 0 aliphatic carbocycles. The average molecular weight is 396 g/mol. The summed E-state index contributed by atoms with van der Waals surface area (Å²) < 4.78 is 50.8. The number of benzene rings is 1. The van der Waals surface area contributed by atoms with Gasteiger partial charge in [-0.05, 0) is 40.9 Å². The Bertz CT molecular complexity index is 715. The molecule has 0 N–H and O–H groups in total. The Hall–Kier alpha value is -0.440. The maximum atomic E-state index is 12.8. The maximum Gasteiger partial charge on any atom is 0.244 e. The molecule has 5 nitrogen and oxygen atoms in total. The molecule has 0 spiro atoms. The summed E-state index contributed by atoms with van der Waals surface area (Å²) in [4.78, 5) is 0.183. The molecule has 118 valence electrons. The smallest absolute Gasteiger partial charge is 0.229 e. The molecule has 21 heavy (non-hydrogen) atoms. The van der Waals surface area contributed by atoms with Crippen molar-refractivity contribution in [2.24, 2.45) is 0 Å². The number of sulfonamides is 1. The van der Waals surface area contributed by atoms with Crippen molar-refractivity contribution in [3.8, 4) is 0 Å². The van der Waals surface area contributed by atoms with E-state index in [1.54, 1.807) is 18.2 Å². The molecular formula is C13H18BrNO4S2. The summed E-state index contributed by atoms with van der Waals surface area (Å²) in [5, 5.41) is 0. The Labute approximate surface area is 134 Å². The van der Waals surface area contributed by atoms with Crippen molar-refractivity contribution in [3.63, 3.8) is 0 Å². The molecule has 1 heterocycles. The summed E-state index contributed by atoms with van der Waals surface area (Å²) >= 11 is 3.26. The second kappa shape index (κ2) is 6.36. The van der Waals surface area contributed by atoms with Crippen LogP contribution in [0.1, 0.15) is 19.8 Å². The lowest BCUT2D eigenvalue weighted by atomic mass is 10.2. The summed E-state index contributed by atoms with van der Waals surface area (Å²) in [6, 6.07) is 6.14. The summed E-state index contributed by atoms with van der Waals surface area (Å²) in [6.07, 6.45) is 1.01. The number of hydrogen-bond donors (Lipinski definition) is 0. The molecule has 0 saturated carbocycles. The van der Waals surface area contributed by atoms with Crippen molar-refractivity contribution in [2.45, 2.75) is 30.7 Å². The molecule has 1 aliphatic heterocycles. The van der Waals surface area contributed by atoms with Crippen LogP contribution in [0.5, 0.6) is 0 Å². The van der Waals surface area contributed by atoms with E-state index in [4.69, 9.17) is 0 Å². The highest BCUT2D eigenvalue weighted by Gasteiger charge is 2.38. The maximum absolute atomic E-state index is 12.8. The zero-order chi connectivity index (χ0) is 15.7. The molecule has 0 aromatic heterocycles. The Morgan fingerprint density at radius 1 is 1.33 bits per heavy atom. The van der Waals surface area contributed by atoms with Gasteiger partial charge in [-0.3, -0.25) is 0 Å². The van der Waals surface area contributed by atoms with Gasteiger partial charge in [-0.15, -0.1) is 0 Å². The monoisotopic (exact) mass is 395 g/mol. The normalized spacial score (nSPS) is 21.8. The standard InChI is InChI=1S/C13H18BrNO4S2/c1-2-8-15(11-7-9-20(16,17)10-11)21(18,19)13-6-4-3-5-12(13)14/h3-6,11H,2,7-10H2,1H3/t11-/m1/s1.